The minimum Gasteiger partial charge on any atom is -0.478 e. The number of pyridine rings is 1. The Labute approximate surface area is 194 Å². The number of benzene rings is 1. The molecule has 1 aliphatic rings. The number of fused-ring (bicyclic) bond motifs is 1. The van der Waals surface area contributed by atoms with Gasteiger partial charge in [-0.15, -0.1) is 0 Å². The number of carboxylic acid groups (broad SMARTS) is 1. The second kappa shape index (κ2) is 8.86. The van der Waals surface area contributed by atoms with Crippen LogP contribution in [-0.4, -0.2) is 26.4 Å². The number of aromatic nitrogens is 2. The molecule has 3 aromatic rings. The van der Waals surface area contributed by atoms with Gasteiger partial charge < -0.3 is 10.4 Å². The Kier molecular flexibility index (Phi) is 6.09. The maximum Gasteiger partial charge on any atom is 0.337 e. The molecule has 1 aromatic carbocycles. The standard InChI is InChI=1S/C25H24F2N4O3/c1-14-11-18(15(2)29-20-6-4-3-5-17(20)24(33)34)22-30-21(16-7-9-25(26,27)10-8-16)19(12-28)23(32)31(22)13-14/h3-6,11,13,15-16,29H,7-10H2,1-2H3,(H,33,34). The van der Waals surface area contributed by atoms with Crippen LogP contribution in [0.5, 0.6) is 0 Å². The SMILES string of the molecule is Cc1cc(C(C)Nc2ccccc2C(=O)O)c2nc(C3CCC(F)(F)CC3)c(C#N)c(=O)n2c1. The number of aryl methyl sites for hydroxylation is 1. The average Bonchev–Trinajstić information content (AvgIpc) is 2.79. The van der Waals surface area contributed by atoms with Crippen molar-refractivity contribution in [3.05, 3.63) is 74.8 Å². The Bertz CT molecular complexity index is 1370. The Morgan fingerprint density at radius 2 is 2.00 bits per heavy atom. The smallest absolute Gasteiger partial charge is 0.337 e. The van der Waals surface area contributed by atoms with Crippen LogP contribution >= 0.6 is 0 Å². The molecule has 2 N–H and O–H groups in total. The van der Waals surface area contributed by atoms with Crippen molar-refractivity contribution in [2.24, 2.45) is 0 Å². The highest BCUT2D eigenvalue weighted by Crippen LogP contribution is 2.41. The number of hydrogen-bond acceptors (Lipinski definition) is 5. The highest BCUT2D eigenvalue weighted by molar-refractivity contribution is 5.94. The van der Waals surface area contributed by atoms with E-state index in [9.17, 15) is 28.7 Å². The highest BCUT2D eigenvalue weighted by atomic mass is 19.3. The van der Waals surface area contributed by atoms with Crippen molar-refractivity contribution in [3.63, 3.8) is 0 Å². The Morgan fingerprint density at radius 1 is 1.32 bits per heavy atom. The number of halogens is 2. The van der Waals surface area contributed by atoms with Gasteiger partial charge in [0.1, 0.15) is 17.3 Å². The van der Waals surface area contributed by atoms with E-state index in [2.05, 4.69) is 10.3 Å². The van der Waals surface area contributed by atoms with E-state index in [-0.39, 0.29) is 42.5 Å². The van der Waals surface area contributed by atoms with E-state index in [1.54, 1.807) is 31.3 Å². The molecule has 0 amide bonds. The molecule has 0 aliphatic heterocycles. The molecule has 4 rings (SSSR count). The lowest BCUT2D eigenvalue weighted by atomic mass is 9.83. The van der Waals surface area contributed by atoms with Crippen molar-refractivity contribution in [1.82, 2.24) is 9.38 Å². The van der Waals surface area contributed by atoms with Crippen LogP contribution < -0.4 is 10.9 Å². The van der Waals surface area contributed by atoms with Crippen LogP contribution in [0.25, 0.3) is 5.65 Å². The molecule has 1 fully saturated rings. The highest BCUT2D eigenvalue weighted by Gasteiger charge is 2.37. The summed E-state index contributed by atoms with van der Waals surface area (Å²) in [5.74, 6) is -4.22. The van der Waals surface area contributed by atoms with Crippen molar-refractivity contribution in [3.8, 4) is 6.07 Å². The van der Waals surface area contributed by atoms with E-state index in [0.29, 0.717) is 16.9 Å². The summed E-state index contributed by atoms with van der Waals surface area (Å²) in [6.07, 6.45) is 1.25. The van der Waals surface area contributed by atoms with Crippen LogP contribution in [-0.2, 0) is 0 Å². The second-order valence-corrected chi connectivity index (χ2v) is 8.80. The molecule has 34 heavy (non-hydrogen) atoms. The van der Waals surface area contributed by atoms with Crippen LogP contribution in [0.3, 0.4) is 0 Å². The number of para-hydroxylation sites is 1. The van der Waals surface area contributed by atoms with Crippen molar-refractivity contribution >= 4 is 17.3 Å². The lowest BCUT2D eigenvalue weighted by Crippen LogP contribution is -2.28. The topological polar surface area (TPSA) is 107 Å². The maximum absolute atomic E-state index is 13.7. The predicted molar refractivity (Wildman–Crippen MR) is 123 cm³/mol. The minimum atomic E-state index is -2.74. The van der Waals surface area contributed by atoms with Crippen molar-refractivity contribution in [2.75, 3.05) is 5.32 Å². The van der Waals surface area contributed by atoms with Gasteiger partial charge in [0.15, 0.2) is 0 Å². The molecule has 1 atom stereocenters. The molecule has 2 heterocycles. The van der Waals surface area contributed by atoms with Crippen LogP contribution in [0.15, 0.2) is 41.3 Å². The molecule has 0 saturated heterocycles. The average molecular weight is 466 g/mol. The summed E-state index contributed by atoms with van der Waals surface area (Å²) >= 11 is 0. The largest absolute Gasteiger partial charge is 0.478 e. The predicted octanol–water partition coefficient (Wildman–Crippen LogP) is 5.04. The number of carbonyl (C=O) groups is 1. The second-order valence-electron chi connectivity index (χ2n) is 8.80. The summed E-state index contributed by atoms with van der Waals surface area (Å²) in [5.41, 5.74) is 1.80. The molecule has 0 spiro atoms. The van der Waals surface area contributed by atoms with Crippen LogP contribution in [0.1, 0.15) is 77.3 Å². The van der Waals surface area contributed by atoms with Gasteiger partial charge in [0.25, 0.3) is 5.56 Å². The number of nitrogens with zero attached hydrogens (tertiary/aromatic N) is 3. The van der Waals surface area contributed by atoms with Gasteiger partial charge >= 0.3 is 5.97 Å². The van der Waals surface area contributed by atoms with Gasteiger partial charge in [-0.25, -0.2) is 18.6 Å². The molecule has 2 aromatic heterocycles. The molecule has 176 valence electrons. The molecule has 1 unspecified atom stereocenters. The molecule has 0 radical (unpaired) electrons. The van der Waals surface area contributed by atoms with Crippen LogP contribution in [0.2, 0.25) is 0 Å². The van der Waals surface area contributed by atoms with Gasteiger partial charge in [-0.3, -0.25) is 9.20 Å². The van der Waals surface area contributed by atoms with Gasteiger partial charge in [0.05, 0.1) is 17.3 Å². The van der Waals surface area contributed by atoms with Gasteiger partial charge in [0, 0.05) is 36.2 Å². The number of carboxylic acids is 1. The van der Waals surface area contributed by atoms with Crippen LogP contribution in [0.4, 0.5) is 14.5 Å². The Hall–Kier alpha value is -3.80. The third kappa shape index (κ3) is 4.36. The van der Waals surface area contributed by atoms with E-state index < -0.39 is 29.4 Å². The number of nitrogens with one attached hydrogen (secondary N) is 1. The fourth-order valence-electron chi connectivity index (χ4n) is 4.56. The Balaban J connectivity index is 1.83. The molecule has 0 bridgehead atoms. The first-order valence-electron chi connectivity index (χ1n) is 11.0. The van der Waals surface area contributed by atoms with E-state index in [1.165, 1.54) is 10.5 Å². The molecular weight excluding hydrogens is 442 g/mol. The number of hydrogen-bond donors (Lipinski definition) is 2. The van der Waals surface area contributed by atoms with Crippen molar-refractivity contribution in [1.29, 1.82) is 5.26 Å². The zero-order chi connectivity index (χ0) is 24.6. The molecular formula is C25H24F2N4O3. The van der Waals surface area contributed by atoms with Crippen molar-refractivity contribution < 1.29 is 18.7 Å². The fourth-order valence-corrected chi connectivity index (χ4v) is 4.56. The summed E-state index contributed by atoms with van der Waals surface area (Å²) < 4.78 is 28.7. The van der Waals surface area contributed by atoms with E-state index >= 15 is 0 Å². The molecule has 1 saturated carbocycles. The number of nitriles is 1. The third-order valence-corrected chi connectivity index (χ3v) is 6.33. The molecule has 7 nitrogen and oxygen atoms in total. The lowest BCUT2D eigenvalue weighted by molar-refractivity contribution is -0.0385. The molecule has 1 aliphatic carbocycles. The monoisotopic (exact) mass is 466 g/mol. The number of aromatic carboxylic acids is 1. The summed E-state index contributed by atoms with van der Waals surface area (Å²) in [6, 6.07) is 9.82. The Morgan fingerprint density at radius 3 is 2.65 bits per heavy atom. The normalized spacial score (nSPS) is 16.7. The number of anilines is 1. The maximum atomic E-state index is 13.7. The van der Waals surface area contributed by atoms with Crippen molar-refractivity contribution in [2.45, 2.75) is 57.4 Å². The minimum absolute atomic E-state index is 0.104. The van der Waals surface area contributed by atoms with E-state index in [1.807, 2.05) is 19.1 Å². The van der Waals surface area contributed by atoms with Crippen LogP contribution in [0, 0.1) is 18.3 Å². The molecule has 9 heteroatoms. The summed E-state index contributed by atoms with van der Waals surface area (Å²) in [5, 5.41) is 22.4. The summed E-state index contributed by atoms with van der Waals surface area (Å²) in [7, 11) is 0. The summed E-state index contributed by atoms with van der Waals surface area (Å²) in [4.78, 5) is 29.5. The summed E-state index contributed by atoms with van der Waals surface area (Å²) in [6.45, 7) is 3.62. The first-order valence-corrected chi connectivity index (χ1v) is 11.0. The van der Waals surface area contributed by atoms with Gasteiger partial charge in [-0.2, -0.15) is 5.26 Å². The van der Waals surface area contributed by atoms with E-state index in [0.717, 1.165) is 5.56 Å². The zero-order valence-electron chi connectivity index (χ0n) is 18.8. The number of alkyl halides is 2. The van der Waals surface area contributed by atoms with Gasteiger partial charge in [-0.05, 0) is 50.5 Å². The van der Waals surface area contributed by atoms with Gasteiger partial charge in [0.2, 0.25) is 5.92 Å². The zero-order valence-corrected chi connectivity index (χ0v) is 18.8. The first kappa shape index (κ1) is 23.4. The van der Waals surface area contributed by atoms with E-state index in [4.69, 9.17) is 0 Å². The van der Waals surface area contributed by atoms with Gasteiger partial charge in [-0.1, -0.05) is 12.1 Å². The fraction of sp³-hybridized carbons (Fsp3) is 0.360. The lowest BCUT2D eigenvalue weighted by Gasteiger charge is -2.28. The number of rotatable bonds is 5. The first-order chi connectivity index (χ1) is 16.1. The third-order valence-electron chi connectivity index (χ3n) is 6.33. The quantitative estimate of drug-likeness (QED) is 0.546.